The molecule has 0 unspecified atom stereocenters. The zero-order valence-electron chi connectivity index (χ0n) is 13.1. The van der Waals surface area contributed by atoms with Gasteiger partial charge in [0.1, 0.15) is 0 Å². The van der Waals surface area contributed by atoms with Crippen molar-refractivity contribution in [3.05, 3.63) is 61.4 Å². The Morgan fingerprint density at radius 3 is 2.25 bits per heavy atom. The van der Waals surface area contributed by atoms with Crippen molar-refractivity contribution in [2.75, 3.05) is 0 Å². The summed E-state index contributed by atoms with van der Waals surface area (Å²) in [6.45, 7) is 4.58. The molecule has 1 amide bonds. The van der Waals surface area contributed by atoms with Crippen LogP contribution < -0.4 is 5.32 Å². The van der Waals surface area contributed by atoms with E-state index in [1.54, 1.807) is 17.8 Å². The molecule has 0 spiro atoms. The molecule has 2 rings (SSSR count). The number of hydrogen-bond acceptors (Lipinski definition) is 6. The van der Waals surface area contributed by atoms with E-state index in [1.165, 1.54) is 0 Å². The Hall–Kier alpha value is -3.30. The summed E-state index contributed by atoms with van der Waals surface area (Å²) in [6, 6.07) is 2.82. The maximum Gasteiger partial charge on any atom is 0.277 e. The number of carbonyl (C=O) groups excluding carboxylic acids is 1. The first-order valence-corrected chi connectivity index (χ1v) is 7.06. The molecule has 0 radical (unpaired) electrons. The third kappa shape index (κ3) is 3.72. The first-order valence-electron chi connectivity index (χ1n) is 7.06. The summed E-state index contributed by atoms with van der Waals surface area (Å²) in [5, 5.41) is 28.5. The first-order chi connectivity index (χ1) is 11.3. The number of aryl methyl sites for hydroxylation is 2. The first kappa shape index (κ1) is 17.1. The summed E-state index contributed by atoms with van der Waals surface area (Å²) in [5.41, 5.74) is 0.386. The van der Waals surface area contributed by atoms with E-state index in [2.05, 4.69) is 10.4 Å². The van der Waals surface area contributed by atoms with E-state index in [4.69, 9.17) is 0 Å². The topological polar surface area (TPSA) is 133 Å². The third-order valence-electron chi connectivity index (χ3n) is 3.40. The van der Waals surface area contributed by atoms with Gasteiger partial charge in [-0.15, -0.1) is 0 Å². The second-order valence-electron chi connectivity index (χ2n) is 5.03. The van der Waals surface area contributed by atoms with Gasteiger partial charge in [-0.1, -0.05) is 0 Å². The summed E-state index contributed by atoms with van der Waals surface area (Å²) in [5.74, 6) is -0.634. The largest absolute Gasteiger partial charge is 0.348 e. The summed E-state index contributed by atoms with van der Waals surface area (Å²) in [4.78, 5) is 32.3. The quantitative estimate of drug-likeness (QED) is 0.634. The van der Waals surface area contributed by atoms with Gasteiger partial charge in [-0.2, -0.15) is 5.10 Å². The van der Waals surface area contributed by atoms with Crippen molar-refractivity contribution in [3.8, 4) is 0 Å². The van der Waals surface area contributed by atoms with Gasteiger partial charge >= 0.3 is 0 Å². The second kappa shape index (κ2) is 6.86. The van der Waals surface area contributed by atoms with Gasteiger partial charge in [0.05, 0.1) is 27.2 Å². The number of nitrogens with zero attached hydrogens (tertiary/aromatic N) is 4. The van der Waals surface area contributed by atoms with E-state index in [0.717, 1.165) is 29.5 Å². The molecule has 0 aliphatic heterocycles. The minimum atomic E-state index is -0.779. The molecule has 2 aromatic rings. The Morgan fingerprint density at radius 1 is 1.21 bits per heavy atom. The molecule has 0 bridgehead atoms. The highest BCUT2D eigenvalue weighted by atomic mass is 16.6. The average molecular weight is 333 g/mol. The normalized spacial score (nSPS) is 10.4. The summed E-state index contributed by atoms with van der Waals surface area (Å²) in [7, 11) is 0. The number of aromatic nitrogens is 2. The van der Waals surface area contributed by atoms with Crippen molar-refractivity contribution in [1.29, 1.82) is 0 Å². The van der Waals surface area contributed by atoms with E-state index < -0.39 is 27.1 Å². The molecule has 0 saturated carbocycles. The zero-order valence-corrected chi connectivity index (χ0v) is 13.1. The molecule has 126 valence electrons. The van der Waals surface area contributed by atoms with E-state index in [9.17, 15) is 25.0 Å². The van der Waals surface area contributed by atoms with Crippen LogP contribution in [-0.2, 0) is 13.1 Å². The SMILES string of the molecule is CCn1cc(CNC(=O)c2cc([N+](=O)[O-])cc([N+](=O)[O-])c2)c(C)n1. The number of nitrogens with one attached hydrogen (secondary N) is 1. The molecule has 0 aliphatic carbocycles. The van der Waals surface area contributed by atoms with Crippen LogP contribution in [0.25, 0.3) is 0 Å². The third-order valence-corrected chi connectivity index (χ3v) is 3.40. The lowest BCUT2D eigenvalue weighted by molar-refractivity contribution is -0.394. The van der Waals surface area contributed by atoms with Gasteiger partial charge in [0.25, 0.3) is 17.3 Å². The van der Waals surface area contributed by atoms with Crippen molar-refractivity contribution in [3.63, 3.8) is 0 Å². The summed E-state index contributed by atoms with van der Waals surface area (Å²) in [6.07, 6.45) is 1.78. The Balaban J connectivity index is 2.21. The summed E-state index contributed by atoms with van der Waals surface area (Å²) >= 11 is 0. The number of hydrogen-bond donors (Lipinski definition) is 1. The average Bonchev–Trinajstić information content (AvgIpc) is 2.92. The minimum absolute atomic E-state index is 0.142. The molecule has 1 aromatic carbocycles. The predicted molar refractivity (Wildman–Crippen MR) is 83.6 cm³/mol. The molecule has 1 heterocycles. The number of nitro benzene ring substituents is 2. The summed E-state index contributed by atoms with van der Waals surface area (Å²) < 4.78 is 1.72. The molecule has 0 aliphatic rings. The Labute approximate surface area is 136 Å². The van der Waals surface area contributed by atoms with Crippen molar-refractivity contribution in [2.45, 2.75) is 26.9 Å². The van der Waals surface area contributed by atoms with Gasteiger partial charge < -0.3 is 5.32 Å². The number of amides is 1. The smallest absolute Gasteiger partial charge is 0.277 e. The molecule has 10 heteroatoms. The van der Waals surface area contributed by atoms with Crippen LogP contribution in [0.1, 0.15) is 28.5 Å². The van der Waals surface area contributed by atoms with E-state index in [0.29, 0.717) is 6.54 Å². The van der Waals surface area contributed by atoms with Crippen molar-refractivity contribution < 1.29 is 14.6 Å². The van der Waals surface area contributed by atoms with Crippen molar-refractivity contribution >= 4 is 17.3 Å². The number of non-ortho nitro benzene ring substituents is 2. The highest BCUT2D eigenvalue weighted by molar-refractivity contribution is 5.95. The number of nitro groups is 2. The Bertz CT molecular complexity index is 782. The molecule has 0 saturated heterocycles. The maximum absolute atomic E-state index is 12.2. The molecule has 0 atom stereocenters. The van der Waals surface area contributed by atoms with Crippen molar-refractivity contribution in [2.24, 2.45) is 0 Å². The second-order valence-corrected chi connectivity index (χ2v) is 5.03. The van der Waals surface area contributed by atoms with E-state index in [1.807, 2.05) is 6.92 Å². The lowest BCUT2D eigenvalue weighted by Gasteiger charge is -2.04. The van der Waals surface area contributed by atoms with E-state index >= 15 is 0 Å². The monoisotopic (exact) mass is 333 g/mol. The minimum Gasteiger partial charge on any atom is -0.348 e. The van der Waals surface area contributed by atoms with E-state index in [-0.39, 0.29) is 12.1 Å². The lowest BCUT2D eigenvalue weighted by Crippen LogP contribution is -2.23. The van der Waals surface area contributed by atoms with Crippen molar-refractivity contribution in [1.82, 2.24) is 15.1 Å². The molecule has 24 heavy (non-hydrogen) atoms. The van der Waals surface area contributed by atoms with Crippen LogP contribution in [0, 0.1) is 27.2 Å². The molecule has 1 aromatic heterocycles. The van der Waals surface area contributed by atoms with Crippen LogP contribution >= 0.6 is 0 Å². The standard InChI is InChI=1S/C14H15N5O5/c1-3-17-8-11(9(2)16-17)7-15-14(20)10-4-12(18(21)22)6-13(5-10)19(23)24/h4-6,8H,3,7H2,1-2H3,(H,15,20). The van der Waals surface area contributed by atoms with Gasteiger partial charge in [0, 0.05) is 37.0 Å². The maximum atomic E-state index is 12.2. The predicted octanol–water partition coefficient (Wildman–Crippen LogP) is 1.96. The fourth-order valence-corrected chi connectivity index (χ4v) is 2.11. The number of carbonyl (C=O) groups is 1. The van der Waals surface area contributed by atoms with Gasteiger partial charge in [-0.3, -0.25) is 29.7 Å². The van der Waals surface area contributed by atoms with Crippen LogP contribution in [0.5, 0.6) is 0 Å². The van der Waals surface area contributed by atoms with Gasteiger partial charge in [0.2, 0.25) is 0 Å². The van der Waals surface area contributed by atoms with Gasteiger partial charge in [-0.25, -0.2) is 0 Å². The van der Waals surface area contributed by atoms with Crippen LogP contribution in [0.3, 0.4) is 0 Å². The highest BCUT2D eigenvalue weighted by Crippen LogP contribution is 2.22. The lowest BCUT2D eigenvalue weighted by atomic mass is 10.1. The van der Waals surface area contributed by atoms with Crippen LogP contribution in [-0.4, -0.2) is 25.5 Å². The number of benzene rings is 1. The molecule has 1 N–H and O–H groups in total. The number of rotatable bonds is 6. The van der Waals surface area contributed by atoms with Crippen LogP contribution in [0.15, 0.2) is 24.4 Å². The fraction of sp³-hybridized carbons (Fsp3) is 0.286. The van der Waals surface area contributed by atoms with Gasteiger partial charge in [-0.05, 0) is 13.8 Å². The molecule has 10 nitrogen and oxygen atoms in total. The highest BCUT2D eigenvalue weighted by Gasteiger charge is 2.20. The molecular weight excluding hydrogens is 318 g/mol. The molecule has 0 fully saturated rings. The Kier molecular flexibility index (Phi) is 4.87. The zero-order chi connectivity index (χ0) is 17.9. The van der Waals surface area contributed by atoms with Crippen LogP contribution in [0.2, 0.25) is 0 Å². The fourth-order valence-electron chi connectivity index (χ4n) is 2.11. The molecular formula is C14H15N5O5. The van der Waals surface area contributed by atoms with Gasteiger partial charge in [0.15, 0.2) is 0 Å². The van der Waals surface area contributed by atoms with Crippen LogP contribution in [0.4, 0.5) is 11.4 Å². The Morgan fingerprint density at radius 2 is 1.79 bits per heavy atom.